The standard InChI is InChI=1S/C19H19F3N4O5/c1-9(2)8-26-13-12(15(28)24-17(26)30)18(16(29)23-13,19(20,21)22)25-14(27)10-6-4-5-7-11(10)31-3/h4-7,9H,8H2,1-3H3,(H,23,29)(H,25,27)(H,24,28,30). The molecule has 1 aliphatic heterocycles. The maximum atomic E-state index is 14.3. The predicted molar refractivity (Wildman–Crippen MR) is 103 cm³/mol. The SMILES string of the molecule is COc1ccccc1C(=O)NC1(C(F)(F)F)C(=O)Nc2c1c(=O)[nH]c(=O)n2CC(C)C. The van der Waals surface area contributed by atoms with Crippen LogP contribution in [0.5, 0.6) is 5.75 Å². The Balaban J connectivity index is 2.26. The number of carbonyl (C=O) groups is 2. The predicted octanol–water partition coefficient (Wildman–Crippen LogP) is 1.34. The molecule has 0 saturated heterocycles. The number of methoxy groups -OCH3 is 1. The van der Waals surface area contributed by atoms with E-state index < -0.39 is 46.2 Å². The van der Waals surface area contributed by atoms with E-state index in [0.717, 1.165) is 4.57 Å². The Morgan fingerprint density at radius 1 is 1.23 bits per heavy atom. The van der Waals surface area contributed by atoms with E-state index in [1.165, 1.54) is 31.4 Å². The first-order chi connectivity index (χ1) is 14.4. The number of para-hydroxylation sites is 1. The number of alkyl halides is 3. The molecular weight excluding hydrogens is 421 g/mol. The van der Waals surface area contributed by atoms with Gasteiger partial charge in [-0.3, -0.25) is 23.9 Å². The van der Waals surface area contributed by atoms with Crippen molar-refractivity contribution < 1.29 is 27.5 Å². The van der Waals surface area contributed by atoms with E-state index in [1.54, 1.807) is 19.2 Å². The van der Waals surface area contributed by atoms with Crippen LogP contribution in [0, 0.1) is 5.92 Å². The first-order valence-corrected chi connectivity index (χ1v) is 9.15. The van der Waals surface area contributed by atoms with Crippen LogP contribution in [-0.2, 0) is 16.9 Å². The Hall–Kier alpha value is -3.57. The van der Waals surface area contributed by atoms with Crippen LogP contribution in [0.25, 0.3) is 0 Å². The molecule has 12 heteroatoms. The molecule has 1 aromatic carbocycles. The van der Waals surface area contributed by atoms with Gasteiger partial charge in [0.15, 0.2) is 0 Å². The summed E-state index contributed by atoms with van der Waals surface area (Å²) in [5.41, 5.74) is -7.50. The van der Waals surface area contributed by atoms with Crippen molar-refractivity contribution in [2.75, 3.05) is 12.4 Å². The van der Waals surface area contributed by atoms with Gasteiger partial charge in [0.25, 0.3) is 22.9 Å². The number of H-pyrrole nitrogens is 1. The fourth-order valence-corrected chi connectivity index (χ4v) is 3.43. The van der Waals surface area contributed by atoms with Crippen LogP contribution < -0.4 is 26.6 Å². The third kappa shape index (κ3) is 3.47. The van der Waals surface area contributed by atoms with Gasteiger partial charge in [-0.25, -0.2) is 4.79 Å². The van der Waals surface area contributed by atoms with Crippen molar-refractivity contribution in [3.05, 3.63) is 56.2 Å². The zero-order valence-electron chi connectivity index (χ0n) is 16.7. The molecular formula is C19H19F3N4O5. The van der Waals surface area contributed by atoms with Crippen molar-refractivity contribution in [3.63, 3.8) is 0 Å². The van der Waals surface area contributed by atoms with Gasteiger partial charge in [-0.15, -0.1) is 0 Å². The lowest BCUT2D eigenvalue weighted by Crippen LogP contribution is -2.62. The number of nitrogens with one attached hydrogen (secondary N) is 3. The van der Waals surface area contributed by atoms with Gasteiger partial charge in [0, 0.05) is 6.54 Å². The largest absolute Gasteiger partial charge is 0.496 e. The van der Waals surface area contributed by atoms with Crippen LogP contribution in [0.4, 0.5) is 19.0 Å². The molecule has 3 rings (SSSR count). The fraction of sp³-hybridized carbons (Fsp3) is 0.368. The highest BCUT2D eigenvalue weighted by molar-refractivity contribution is 6.09. The maximum Gasteiger partial charge on any atom is 0.425 e. The number of aromatic amines is 1. The van der Waals surface area contributed by atoms with Crippen molar-refractivity contribution in [1.29, 1.82) is 0 Å². The van der Waals surface area contributed by atoms with Crippen molar-refractivity contribution in [2.24, 2.45) is 5.92 Å². The van der Waals surface area contributed by atoms with Crippen molar-refractivity contribution >= 4 is 17.6 Å². The molecule has 0 aliphatic carbocycles. The average Bonchev–Trinajstić information content (AvgIpc) is 2.98. The van der Waals surface area contributed by atoms with Crippen LogP contribution in [0.3, 0.4) is 0 Å². The van der Waals surface area contributed by atoms with Crippen LogP contribution in [0.15, 0.2) is 33.9 Å². The van der Waals surface area contributed by atoms with Gasteiger partial charge < -0.3 is 15.4 Å². The average molecular weight is 440 g/mol. The monoisotopic (exact) mass is 440 g/mol. The van der Waals surface area contributed by atoms with E-state index in [-0.39, 0.29) is 23.8 Å². The number of nitrogens with zero attached hydrogens (tertiary/aromatic N) is 1. The summed E-state index contributed by atoms with van der Waals surface area (Å²) in [5.74, 6) is -3.83. The minimum atomic E-state index is -5.41. The summed E-state index contributed by atoms with van der Waals surface area (Å²) in [7, 11) is 1.22. The van der Waals surface area contributed by atoms with Gasteiger partial charge in [-0.2, -0.15) is 13.2 Å². The molecule has 0 spiro atoms. The minimum absolute atomic E-state index is 0.0327. The summed E-state index contributed by atoms with van der Waals surface area (Å²) < 4.78 is 48.8. The number of rotatable bonds is 5. The molecule has 0 radical (unpaired) electrons. The second-order valence-electron chi connectivity index (χ2n) is 7.34. The van der Waals surface area contributed by atoms with E-state index in [2.05, 4.69) is 0 Å². The molecule has 166 valence electrons. The number of hydrogen-bond acceptors (Lipinski definition) is 5. The van der Waals surface area contributed by atoms with E-state index in [0.29, 0.717) is 0 Å². The Kier molecular flexibility index (Phi) is 5.42. The number of fused-ring (bicyclic) bond motifs is 1. The van der Waals surface area contributed by atoms with E-state index in [9.17, 15) is 32.3 Å². The summed E-state index contributed by atoms with van der Waals surface area (Å²) in [6.07, 6.45) is -5.41. The highest BCUT2D eigenvalue weighted by atomic mass is 19.4. The lowest BCUT2D eigenvalue weighted by molar-refractivity contribution is -0.196. The summed E-state index contributed by atoms with van der Waals surface area (Å²) in [4.78, 5) is 51.9. The quantitative estimate of drug-likeness (QED) is 0.648. The second kappa shape index (κ2) is 7.60. The molecule has 1 unspecified atom stereocenters. The molecule has 3 N–H and O–H groups in total. The molecule has 0 fully saturated rings. The number of aromatic nitrogens is 2. The minimum Gasteiger partial charge on any atom is -0.496 e. The van der Waals surface area contributed by atoms with Gasteiger partial charge in [0.2, 0.25) is 0 Å². The first kappa shape index (κ1) is 22.1. The third-order valence-electron chi connectivity index (χ3n) is 4.77. The zero-order valence-corrected chi connectivity index (χ0v) is 16.7. The topological polar surface area (TPSA) is 122 Å². The van der Waals surface area contributed by atoms with Crippen LogP contribution in [0.1, 0.15) is 29.8 Å². The van der Waals surface area contributed by atoms with Crippen LogP contribution in [-0.4, -0.2) is 34.7 Å². The number of halogens is 3. The Morgan fingerprint density at radius 2 is 1.87 bits per heavy atom. The number of carbonyl (C=O) groups excluding carboxylic acids is 2. The zero-order chi connectivity index (χ0) is 23.1. The van der Waals surface area contributed by atoms with Gasteiger partial charge >= 0.3 is 11.9 Å². The summed E-state index contributed by atoms with van der Waals surface area (Å²) in [6, 6.07) is 5.45. The van der Waals surface area contributed by atoms with Crippen LogP contribution in [0.2, 0.25) is 0 Å². The summed E-state index contributed by atoms with van der Waals surface area (Å²) >= 11 is 0. The number of ether oxygens (including phenoxy) is 1. The van der Waals surface area contributed by atoms with Gasteiger partial charge in [0.1, 0.15) is 17.1 Å². The normalized spacial score (nSPS) is 18.0. The molecule has 1 aliphatic rings. The Morgan fingerprint density at radius 3 is 2.45 bits per heavy atom. The smallest absolute Gasteiger partial charge is 0.425 e. The molecule has 2 amide bonds. The van der Waals surface area contributed by atoms with Gasteiger partial charge in [-0.05, 0) is 18.1 Å². The Bertz CT molecular complexity index is 1170. The molecule has 1 aromatic heterocycles. The molecule has 1 atom stereocenters. The van der Waals surface area contributed by atoms with E-state index in [4.69, 9.17) is 4.74 Å². The lowest BCUT2D eigenvalue weighted by Gasteiger charge is -2.30. The molecule has 9 nitrogen and oxygen atoms in total. The van der Waals surface area contributed by atoms with Gasteiger partial charge in [0.05, 0.1) is 12.7 Å². The Labute approximate surface area is 173 Å². The molecule has 2 heterocycles. The summed E-state index contributed by atoms with van der Waals surface area (Å²) in [5, 5.41) is 3.65. The number of benzene rings is 1. The molecule has 0 saturated carbocycles. The molecule has 0 bridgehead atoms. The fourth-order valence-electron chi connectivity index (χ4n) is 3.43. The van der Waals surface area contributed by atoms with Gasteiger partial charge in [-0.1, -0.05) is 26.0 Å². The first-order valence-electron chi connectivity index (χ1n) is 9.15. The highest BCUT2D eigenvalue weighted by Gasteiger charge is 2.68. The number of anilines is 1. The van der Waals surface area contributed by atoms with E-state index >= 15 is 0 Å². The number of amides is 2. The van der Waals surface area contributed by atoms with Crippen LogP contribution >= 0.6 is 0 Å². The summed E-state index contributed by atoms with van der Waals surface area (Å²) in [6.45, 7) is 3.31. The molecule has 2 aromatic rings. The van der Waals surface area contributed by atoms with Crippen molar-refractivity contribution in [1.82, 2.24) is 14.9 Å². The second-order valence-corrected chi connectivity index (χ2v) is 7.34. The molecule has 31 heavy (non-hydrogen) atoms. The highest BCUT2D eigenvalue weighted by Crippen LogP contribution is 2.45. The third-order valence-corrected chi connectivity index (χ3v) is 4.77. The number of hydrogen-bond donors (Lipinski definition) is 3. The van der Waals surface area contributed by atoms with E-state index in [1.807, 2.05) is 10.3 Å². The lowest BCUT2D eigenvalue weighted by atomic mass is 9.91. The van der Waals surface area contributed by atoms with Crippen molar-refractivity contribution in [2.45, 2.75) is 32.1 Å². The van der Waals surface area contributed by atoms with Crippen molar-refractivity contribution in [3.8, 4) is 5.75 Å². The maximum absolute atomic E-state index is 14.3.